The molecule has 0 aliphatic carbocycles. The molecule has 0 spiro atoms. The molecule has 1 aromatic heterocycles. The van der Waals surface area contributed by atoms with Crippen molar-refractivity contribution in [3.63, 3.8) is 0 Å². The fraction of sp³-hybridized carbons (Fsp3) is 0.500. The third-order valence-corrected chi connectivity index (χ3v) is 5.36. The van der Waals surface area contributed by atoms with E-state index in [9.17, 15) is 14.2 Å². The van der Waals surface area contributed by atoms with E-state index >= 15 is 0 Å². The number of aromatic nitrogens is 3. The van der Waals surface area contributed by atoms with Crippen molar-refractivity contribution in [2.45, 2.75) is 5.75 Å². The number of aromatic amines is 2. The van der Waals surface area contributed by atoms with E-state index in [1.807, 2.05) is 4.98 Å². The molecule has 0 atom stereocenters. The van der Waals surface area contributed by atoms with Crippen LogP contribution in [0, 0.1) is 0 Å². The van der Waals surface area contributed by atoms with Gasteiger partial charge in [0.15, 0.2) is 0 Å². The smallest absolute Gasteiger partial charge is 0.304 e. The van der Waals surface area contributed by atoms with Crippen molar-refractivity contribution in [1.29, 1.82) is 0 Å². The summed E-state index contributed by atoms with van der Waals surface area (Å²) in [7, 11) is 2.48. The van der Waals surface area contributed by atoms with E-state index in [-0.39, 0.29) is 11.6 Å². The second kappa shape index (κ2) is 5.44. The average molecular weight is 267 g/mol. The number of rotatable bonds is 5. The van der Waals surface area contributed by atoms with Crippen LogP contribution in [0.5, 0.6) is 0 Å². The standard InChI is InChI=1S/C6H10N3O5PS/c1-13-15(12,14-2)16-3-4-7-5(10)9-6(11)8-4/h3H2,1-2H3,(H2,7,8,9,10,11). The van der Waals surface area contributed by atoms with Crippen LogP contribution in [0.15, 0.2) is 9.59 Å². The van der Waals surface area contributed by atoms with Gasteiger partial charge in [0.2, 0.25) is 0 Å². The second-order valence-corrected chi connectivity index (χ2v) is 6.82. The first-order valence-electron chi connectivity index (χ1n) is 4.04. The van der Waals surface area contributed by atoms with Crippen LogP contribution in [0.3, 0.4) is 0 Å². The van der Waals surface area contributed by atoms with Crippen molar-refractivity contribution >= 4 is 18.2 Å². The molecule has 90 valence electrons. The van der Waals surface area contributed by atoms with Gasteiger partial charge in [-0.1, -0.05) is 0 Å². The Kier molecular flexibility index (Phi) is 4.48. The molecule has 1 heterocycles. The average Bonchev–Trinajstić information content (AvgIpc) is 2.25. The molecule has 0 bridgehead atoms. The van der Waals surface area contributed by atoms with Gasteiger partial charge in [0.1, 0.15) is 5.82 Å². The first-order valence-corrected chi connectivity index (χ1v) is 7.18. The van der Waals surface area contributed by atoms with Gasteiger partial charge in [-0.05, 0) is 11.4 Å². The molecule has 0 saturated heterocycles. The normalized spacial score (nSPS) is 11.6. The lowest BCUT2D eigenvalue weighted by atomic mass is 10.7. The van der Waals surface area contributed by atoms with Crippen LogP contribution in [-0.2, 0) is 19.4 Å². The van der Waals surface area contributed by atoms with Crippen molar-refractivity contribution in [3.05, 3.63) is 26.8 Å². The van der Waals surface area contributed by atoms with E-state index in [0.29, 0.717) is 0 Å². The molecule has 0 aromatic carbocycles. The molecule has 0 unspecified atom stereocenters. The highest BCUT2D eigenvalue weighted by molar-refractivity contribution is 8.54. The molecule has 0 saturated carbocycles. The predicted octanol–water partition coefficient (Wildman–Crippen LogP) is 0.0923. The maximum absolute atomic E-state index is 11.6. The maximum atomic E-state index is 11.6. The minimum Gasteiger partial charge on any atom is -0.304 e. The minimum atomic E-state index is -3.23. The first kappa shape index (κ1) is 13.2. The third-order valence-electron chi connectivity index (χ3n) is 1.52. The molecule has 8 nitrogen and oxygen atoms in total. The molecule has 0 aliphatic heterocycles. The van der Waals surface area contributed by atoms with Crippen molar-refractivity contribution in [2.75, 3.05) is 14.2 Å². The SMILES string of the molecule is COP(=O)(OC)SCc1nc(=O)[nH]c(=O)[nH]1. The predicted molar refractivity (Wildman–Crippen MR) is 58.4 cm³/mol. The molecular formula is C6H10N3O5PS. The summed E-state index contributed by atoms with van der Waals surface area (Å²) in [6, 6.07) is 0. The zero-order valence-electron chi connectivity index (χ0n) is 8.55. The van der Waals surface area contributed by atoms with E-state index in [2.05, 4.69) is 19.0 Å². The Morgan fingerprint density at radius 1 is 1.31 bits per heavy atom. The number of nitrogens with zero attached hydrogens (tertiary/aromatic N) is 1. The quantitative estimate of drug-likeness (QED) is 0.726. The van der Waals surface area contributed by atoms with Crippen LogP contribution in [0.1, 0.15) is 5.82 Å². The van der Waals surface area contributed by atoms with Gasteiger partial charge >= 0.3 is 18.2 Å². The van der Waals surface area contributed by atoms with E-state index in [1.54, 1.807) is 0 Å². The van der Waals surface area contributed by atoms with Gasteiger partial charge in [0.05, 0.1) is 5.75 Å². The Balaban J connectivity index is 2.79. The summed E-state index contributed by atoms with van der Waals surface area (Å²) in [6.07, 6.45) is 0. The lowest BCUT2D eigenvalue weighted by molar-refractivity contribution is 0.295. The van der Waals surface area contributed by atoms with E-state index in [4.69, 9.17) is 0 Å². The van der Waals surface area contributed by atoms with Crippen LogP contribution in [0.25, 0.3) is 0 Å². The summed E-state index contributed by atoms with van der Waals surface area (Å²) >= 11 is 0.820. The number of H-pyrrole nitrogens is 2. The van der Waals surface area contributed by atoms with Crippen molar-refractivity contribution in [3.8, 4) is 0 Å². The highest BCUT2D eigenvalue weighted by Gasteiger charge is 2.22. The second-order valence-electron chi connectivity index (χ2n) is 2.53. The van der Waals surface area contributed by atoms with Gasteiger partial charge in [-0.25, -0.2) is 14.2 Å². The molecule has 0 radical (unpaired) electrons. The summed E-state index contributed by atoms with van der Waals surface area (Å²) in [5.41, 5.74) is -1.43. The van der Waals surface area contributed by atoms with Crippen LogP contribution in [0.4, 0.5) is 0 Å². The molecule has 0 fully saturated rings. The van der Waals surface area contributed by atoms with Crippen molar-refractivity contribution in [2.24, 2.45) is 0 Å². The van der Waals surface area contributed by atoms with Crippen molar-refractivity contribution < 1.29 is 13.6 Å². The minimum absolute atomic E-state index is 0.0398. The molecule has 2 N–H and O–H groups in total. The number of nitrogens with one attached hydrogen (secondary N) is 2. The summed E-state index contributed by atoms with van der Waals surface area (Å²) in [5, 5.41) is 0. The molecule has 16 heavy (non-hydrogen) atoms. The van der Waals surface area contributed by atoms with Gasteiger partial charge in [-0.2, -0.15) is 4.98 Å². The Morgan fingerprint density at radius 2 is 1.94 bits per heavy atom. The molecule has 0 aliphatic rings. The summed E-state index contributed by atoms with van der Waals surface area (Å²) < 4.78 is 20.9. The van der Waals surface area contributed by atoms with Gasteiger partial charge in [0.25, 0.3) is 0 Å². The van der Waals surface area contributed by atoms with E-state index in [0.717, 1.165) is 11.4 Å². The van der Waals surface area contributed by atoms with Crippen LogP contribution in [0.2, 0.25) is 0 Å². The number of hydrogen-bond acceptors (Lipinski definition) is 7. The summed E-state index contributed by atoms with van der Waals surface area (Å²) in [6.45, 7) is -3.23. The largest absolute Gasteiger partial charge is 0.389 e. The first-order chi connectivity index (χ1) is 7.49. The van der Waals surface area contributed by atoms with E-state index in [1.165, 1.54) is 14.2 Å². The highest BCUT2D eigenvalue weighted by Crippen LogP contribution is 2.60. The fourth-order valence-corrected chi connectivity index (χ4v) is 3.08. The fourth-order valence-electron chi connectivity index (χ4n) is 0.826. The third kappa shape index (κ3) is 3.60. The highest BCUT2D eigenvalue weighted by atomic mass is 32.7. The molecule has 10 heteroatoms. The molecule has 1 aromatic rings. The van der Waals surface area contributed by atoms with Crippen LogP contribution < -0.4 is 11.4 Å². The Labute approximate surface area is 94.1 Å². The molecule has 1 rings (SSSR count). The lowest BCUT2D eigenvalue weighted by Gasteiger charge is -2.11. The monoisotopic (exact) mass is 267 g/mol. The van der Waals surface area contributed by atoms with Crippen molar-refractivity contribution in [1.82, 2.24) is 15.0 Å². The molecule has 0 amide bonds. The zero-order chi connectivity index (χ0) is 12.2. The summed E-state index contributed by atoms with van der Waals surface area (Å²) in [5.74, 6) is 0.144. The van der Waals surface area contributed by atoms with E-state index < -0.39 is 18.2 Å². The van der Waals surface area contributed by atoms with Gasteiger partial charge < -0.3 is 9.05 Å². The zero-order valence-corrected chi connectivity index (χ0v) is 10.3. The van der Waals surface area contributed by atoms with Gasteiger partial charge in [-0.3, -0.25) is 9.97 Å². The lowest BCUT2D eigenvalue weighted by Crippen LogP contribution is -2.26. The molecular weight excluding hydrogens is 257 g/mol. The van der Waals surface area contributed by atoms with Crippen LogP contribution in [-0.4, -0.2) is 29.2 Å². The Morgan fingerprint density at radius 3 is 2.44 bits per heavy atom. The Hall–Kier alpha value is -0.890. The maximum Gasteiger partial charge on any atom is 0.389 e. The topological polar surface area (TPSA) is 114 Å². The Bertz CT molecular complexity index is 475. The summed E-state index contributed by atoms with van der Waals surface area (Å²) in [4.78, 5) is 29.4. The van der Waals surface area contributed by atoms with Crippen LogP contribution >= 0.6 is 18.2 Å². The van der Waals surface area contributed by atoms with Gasteiger partial charge in [-0.15, -0.1) is 0 Å². The van der Waals surface area contributed by atoms with Gasteiger partial charge in [0, 0.05) is 14.2 Å². The number of hydrogen-bond donors (Lipinski definition) is 2.